The molecule has 3 atom stereocenters. The number of hydrogen-bond acceptors (Lipinski definition) is 3. The minimum atomic E-state index is -0.128. The van der Waals surface area contributed by atoms with Crippen LogP contribution in [-0.4, -0.2) is 48.3 Å². The lowest BCUT2D eigenvalue weighted by atomic mass is 10.0. The van der Waals surface area contributed by atoms with Crippen LogP contribution in [0.15, 0.2) is 0 Å². The Labute approximate surface area is 86.5 Å². The lowest BCUT2D eigenvalue weighted by molar-refractivity contribution is 0.127. The fourth-order valence-corrected chi connectivity index (χ4v) is 2.65. The lowest BCUT2D eigenvalue weighted by Crippen LogP contribution is -2.36. The molecule has 0 aromatic carbocycles. The van der Waals surface area contributed by atoms with Crippen molar-refractivity contribution in [1.82, 2.24) is 10.2 Å². The Balaban J connectivity index is 1.72. The predicted molar refractivity (Wildman–Crippen MR) is 57.3 cm³/mol. The normalized spacial score (nSPS) is 36.4. The lowest BCUT2D eigenvalue weighted by Gasteiger charge is -2.21. The Hall–Kier alpha value is -0.120. The first-order valence-electron chi connectivity index (χ1n) is 5.89. The zero-order valence-electron chi connectivity index (χ0n) is 9.08. The molecule has 2 unspecified atom stereocenters. The quantitative estimate of drug-likeness (QED) is 0.691. The monoisotopic (exact) mass is 198 g/mol. The molecule has 3 nitrogen and oxygen atoms in total. The zero-order valence-corrected chi connectivity index (χ0v) is 9.08. The first-order valence-corrected chi connectivity index (χ1v) is 5.89. The van der Waals surface area contributed by atoms with E-state index in [9.17, 15) is 5.11 Å². The van der Waals surface area contributed by atoms with Gasteiger partial charge in [0, 0.05) is 19.1 Å². The van der Waals surface area contributed by atoms with Crippen LogP contribution in [0.4, 0.5) is 0 Å². The van der Waals surface area contributed by atoms with Crippen LogP contribution < -0.4 is 5.32 Å². The van der Waals surface area contributed by atoms with Crippen LogP contribution in [0, 0.1) is 5.92 Å². The van der Waals surface area contributed by atoms with Crippen molar-refractivity contribution < 1.29 is 5.11 Å². The fourth-order valence-electron chi connectivity index (χ4n) is 2.65. The molecular weight excluding hydrogens is 176 g/mol. The Kier molecular flexibility index (Phi) is 3.42. The smallest absolute Gasteiger partial charge is 0.0552 e. The summed E-state index contributed by atoms with van der Waals surface area (Å²) in [7, 11) is 0. The molecule has 0 aliphatic carbocycles. The number of nitrogens with zero attached hydrogens (tertiary/aromatic N) is 1. The predicted octanol–water partition coefficient (Wildman–Crippen LogP) is 0.441. The third-order valence-electron chi connectivity index (χ3n) is 3.63. The van der Waals surface area contributed by atoms with Crippen LogP contribution in [0.25, 0.3) is 0 Å². The van der Waals surface area contributed by atoms with Gasteiger partial charge in [-0.2, -0.15) is 0 Å². The molecule has 2 N–H and O–H groups in total. The van der Waals surface area contributed by atoms with Gasteiger partial charge in [0.05, 0.1) is 6.10 Å². The number of aliphatic hydroxyl groups is 1. The van der Waals surface area contributed by atoms with Crippen molar-refractivity contribution in [3.8, 4) is 0 Å². The third kappa shape index (κ3) is 2.47. The summed E-state index contributed by atoms with van der Waals surface area (Å²) in [6.45, 7) is 6.56. The second-order valence-electron chi connectivity index (χ2n) is 4.84. The van der Waals surface area contributed by atoms with Gasteiger partial charge in [0.2, 0.25) is 0 Å². The molecule has 3 heteroatoms. The Morgan fingerprint density at radius 2 is 2.36 bits per heavy atom. The number of nitrogens with one attached hydrogen (secondary N) is 1. The van der Waals surface area contributed by atoms with Crippen molar-refractivity contribution in [3.63, 3.8) is 0 Å². The van der Waals surface area contributed by atoms with E-state index in [1.165, 1.54) is 38.9 Å². The zero-order chi connectivity index (χ0) is 9.97. The van der Waals surface area contributed by atoms with Gasteiger partial charge in [-0.1, -0.05) is 0 Å². The summed E-state index contributed by atoms with van der Waals surface area (Å²) in [4.78, 5) is 2.50. The SMILES string of the molecule is CC(O)C1CCN(C[C@@H]2CCCN2)C1. The van der Waals surface area contributed by atoms with Gasteiger partial charge >= 0.3 is 0 Å². The van der Waals surface area contributed by atoms with Gasteiger partial charge in [-0.05, 0) is 45.2 Å². The van der Waals surface area contributed by atoms with E-state index in [1.54, 1.807) is 0 Å². The maximum Gasteiger partial charge on any atom is 0.0552 e. The second-order valence-corrected chi connectivity index (χ2v) is 4.84. The van der Waals surface area contributed by atoms with E-state index in [-0.39, 0.29) is 6.10 Å². The molecule has 0 spiro atoms. The van der Waals surface area contributed by atoms with Gasteiger partial charge in [-0.25, -0.2) is 0 Å². The average molecular weight is 198 g/mol. The van der Waals surface area contributed by atoms with Crippen molar-refractivity contribution in [2.75, 3.05) is 26.2 Å². The molecule has 0 saturated carbocycles. The molecule has 2 aliphatic rings. The molecule has 2 heterocycles. The van der Waals surface area contributed by atoms with Gasteiger partial charge in [-0.15, -0.1) is 0 Å². The molecule has 0 aromatic rings. The summed E-state index contributed by atoms with van der Waals surface area (Å²) in [5.41, 5.74) is 0. The standard InChI is InChI=1S/C11H22N2O/c1-9(14)10-4-6-13(7-10)8-11-3-2-5-12-11/h9-12,14H,2-8H2,1H3/t9?,10?,11-/m0/s1. The van der Waals surface area contributed by atoms with Crippen molar-refractivity contribution in [2.24, 2.45) is 5.92 Å². The summed E-state index contributed by atoms with van der Waals surface area (Å²) < 4.78 is 0. The maximum absolute atomic E-state index is 9.49. The fraction of sp³-hybridized carbons (Fsp3) is 1.00. The van der Waals surface area contributed by atoms with E-state index in [1.807, 2.05) is 6.92 Å². The van der Waals surface area contributed by atoms with Crippen LogP contribution >= 0.6 is 0 Å². The average Bonchev–Trinajstić information content (AvgIpc) is 2.75. The van der Waals surface area contributed by atoms with Gasteiger partial charge in [0.25, 0.3) is 0 Å². The van der Waals surface area contributed by atoms with Crippen molar-refractivity contribution in [3.05, 3.63) is 0 Å². The van der Waals surface area contributed by atoms with Crippen molar-refractivity contribution in [2.45, 2.75) is 38.3 Å². The largest absolute Gasteiger partial charge is 0.393 e. The minimum absolute atomic E-state index is 0.128. The highest BCUT2D eigenvalue weighted by atomic mass is 16.3. The van der Waals surface area contributed by atoms with Gasteiger partial charge in [0.1, 0.15) is 0 Å². The van der Waals surface area contributed by atoms with E-state index in [0.717, 1.165) is 6.54 Å². The first-order chi connectivity index (χ1) is 6.75. The molecule has 0 radical (unpaired) electrons. The summed E-state index contributed by atoms with van der Waals surface area (Å²) >= 11 is 0. The van der Waals surface area contributed by atoms with Crippen LogP contribution in [0.1, 0.15) is 26.2 Å². The summed E-state index contributed by atoms with van der Waals surface area (Å²) in [6.07, 6.45) is 3.70. The van der Waals surface area contributed by atoms with Crippen LogP contribution in [0.3, 0.4) is 0 Å². The summed E-state index contributed by atoms with van der Waals surface area (Å²) in [5, 5.41) is 13.0. The van der Waals surface area contributed by atoms with E-state index in [4.69, 9.17) is 0 Å². The van der Waals surface area contributed by atoms with E-state index < -0.39 is 0 Å². The highest BCUT2D eigenvalue weighted by Gasteiger charge is 2.27. The minimum Gasteiger partial charge on any atom is -0.393 e. The van der Waals surface area contributed by atoms with E-state index >= 15 is 0 Å². The van der Waals surface area contributed by atoms with Crippen LogP contribution in [0.5, 0.6) is 0 Å². The van der Waals surface area contributed by atoms with Gasteiger partial charge in [0.15, 0.2) is 0 Å². The van der Waals surface area contributed by atoms with Crippen molar-refractivity contribution >= 4 is 0 Å². The molecule has 14 heavy (non-hydrogen) atoms. The van der Waals surface area contributed by atoms with E-state index in [0.29, 0.717) is 12.0 Å². The molecule has 2 rings (SSSR count). The molecular formula is C11H22N2O. The maximum atomic E-state index is 9.49. The number of rotatable bonds is 3. The Morgan fingerprint density at radius 3 is 2.93 bits per heavy atom. The van der Waals surface area contributed by atoms with Crippen LogP contribution in [0.2, 0.25) is 0 Å². The molecule has 0 aromatic heterocycles. The number of hydrogen-bond donors (Lipinski definition) is 2. The molecule has 82 valence electrons. The molecule has 2 fully saturated rings. The van der Waals surface area contributed by atoms with Crippen molar-refractivity contribution in [1.29, 1.82) is 0 Å². The number of likely N-dealkylation sites (tertiary alicyclic amines) is 1. The summed E-state index contributed by atoms with van der Waals surface area (Å²) in [5.74, 6) is 0.511. The molecule has 0 amide bonds. The first kappa shape index (κ1) is 10.4. The molecule has 2 aliphatic heterocycles. The van der Waals surface area contributed by atoms with Gasteiger partial charge in [-0.3, -0.25) is 0 Å². The highest BCUT2D eigenvalue weighted by Crippen LogP contribution is 2.20. The second kappa shape index (κ2) is 4.60. The molecule has 0 bridgehead atoms. The highest BCUT2D eigenvalue weighted by molar-refractivity contribution is 4.84. The summed E-state index contributed by atoms with van der Waals surface area (Å²) in [6, 6.07) is 0.711. The Morgan fingerprint density at radius 1 is 1.50 bits per heavy atom. The Bertz CT molecular complexity index is 178. The topological polar surface area (TPSA) is 35.5 Å². The number of aliphatic hydroxyl groups excluding tert-OH is 1. The molecule has 2 saturated heterocycles. The van der Waals surface area contributed by atoms with Crippen LogP contribution in [-0.2, 0) is 0 Å². The third-order valence-corrected chi connectivity index (χ3v) is 3.63. The van der Waals surface area contributed by atoms with E-state index in [2.05, 4.69) is 10.2 Å². The van der Waals surface area contributed by atoms with Gasteiger partial charge < -0.3 is 15.3 Å².